The van der Waals surface area contributed by atoms with Gasteiger partial charge in [-0.1, -0.05) is 18.2 Å². The summed E-state index contributed by atoms with van der Waals surface area (Å²) in [7, 11) is 0. The number of nitrogens with zero attached hydrogens (tertiary/aromatic N) is 2. The zero-order valence-electron chi connectivity index (χ0n) is 13.6. The molecule has 23 heavy (non-hydrogen) atoms. The quantitative estimate of drug-likeness (QED) is 0.637. The maximum Gasteiger partial charge on any atom is 0.191 e. The van der Waals surface area contributed by atoms with E-state index in [1.165, 1.54) is 6.07 Å². The molecule has 4 nitrogen and oxygen atoms in total. The molecule has 0 aliphatic rings. The van der Waals surface area contributed by atoms with Crippen molar-refractivity contribution >= 4 is 5.96 Å². The van der Waals surface area contributed by atoms with E-state index in [0.717, 1.165) is 36.7 Å². The summed E-state index contributed by atoms with van der Waals surface area (Å²) in [6.45, 7) is 5.73. The lowest BCUT2D eigenvalue weighted by Crippen LogP contribution is -2.38. The second-order valence-corrected chi connectivity index (χ2v) is 5.28. The van der Waals surface area contributed by atoms with Crippen LogP contribution < -0.4 is 10.6 Å². The highest BCUT2D eigenvalue weighted by Gasteiger charge is 2.01. The summed E-state index contributed by atoms with van der Waals surface area (Å²) in [4.78, 5) is 8.78. The van der Waals surface area contributed by atoms with Crippen molar-refractivity contribution < 1.29 is 4.39 Å². The van der Waals surface area contributed by atoms with Gasteiger partial charge in [0.1, 0.15) is 5.82 Å². The number of aryl methyl sites for hydroxylation is 1. The number of hydrogen-bond donors (Lipinski definition) is 2. The average Bonchev–Trinajstić information content (AvgIpc) is 2.56. The first-order valence-electron chi connectivity index (χ1n) is 7.86. The average molecular weight is 314 g/mol. The molecule has 0 saturated carbocycles. The van der Waals surface area contributed by atoms with Gasteiger partial charge in [-0.15, -0.1) is 0 Å². The van der Waals surface area contributed by atoms with Crippen molar-refractivity contribution in [3.05, 3.63) is 65.2 Å². The summed E-state index contributed by atoms with van der Waals surface area (Å²) in [6.07, 6.45) is 2.62. The van der Waals surface area contributed by atoms with E-state index in [4.69, 9.17) is 0 Å². The first-order valence-corrected chi connectivity index (χ1v) is 7.86. The van der Waals surface area contributed by atoms with Gasteiger partial charge in [-0.25, -0.2) is 9.38 Å². The molecule has 122 valence electrons. The molecule has 2 N–H and O–H groups in total. The number of benzene rings is 1. The molecule has 1 aromatic carbocycles. The van der Waals surface area contributed by atoms with Crippen LogP contribution in [0.4, 0.5) is 4.39 Å². The molecule has 0 atom stereocenters. The van der Waals surface area contributed by atoms with Gasteiger partial charge in [-0.2, -0.15) is 0 Å². The van der Waals surface area contributed by atoms with Crippen molar-refractivity contribution in [3.8, 4) is 0 Å². The fourth-order valence-corrected chi connectivity index (χ4v) is 2.10. The number of hydrogen-bond acceptors (Lipinski definition) is 2. The highest BCUT2D eigenvalue weighted by atomic mass is 19.1. The fraction of sp³-hybridized carbons (Fsp3) is 0.333. The Morgan fingerprint density at radius 3 is 2.78 bits per heavy atom. The monoisotopic (exact) mass is 314 g/mol. The number of aliphatic imine (C=N–C) groups is 1. The maximum atomic E-state index is 13.6. The van der Waals surface area contributed by atoms with E-state index in [2.05, 4.69) is 20.6 Å². The molecule has 1 heterocycles. The van der Waals surface area contributed by atoms with Gasteiger partial charge in [0.2, 0.25) is 0 Å². The molecule has 5 heteroatoms. The molecule has 1 aromatic heterocycles. The Bertz CT molecular complexity index is 641. The van der Waals surface area contributed by atoms with Gasteiger partial charge in [-0.05, 0) is 43.2 Å². The van der Waals surface area contributed by atoms with Crippen molar-refractivity contribution in [2.75, 3.05) is 13.1 Å². The molecular formula is C18H23FN4. The minimum absolute atomic E-state index is 0.189. The summed E-state index contributed by atoms with van der Waals surface area (Å²) in [5.74, 6) is 0.537. The van der Waals surface area contributed by atoms with Crippen molar-refractivity contribution in [1.82, 2.24) is 15.6 Å². The second-order valence-electron chi connectivity index (χ2n) is 5.28. The molecule has 0 saturated heterocycles. The van der Waals surface area contributed by atoms with Gasteiger partial charge in [0.25, 0.3) is 0 Å². The zero-order valence-corrected chi connectivity index (χ0v) is 13.6. The second kappa shape index (κ2) is 8.88. The number of aromatic nitrogens is 1. The van der Waals surface area contributed by atoms with Gasteiger partial charge < -0.3 is 10.6 Å². The van der Waals surface area contributed by atoms with E-state index >= 15 is 0 Å². The Hall–Kier alpha value is -2.43. The summed E-state index contributed by atoms with van der Waals surface area (Å²) in [5, 5.41) is 6.46. The first kappa shape index (κ1) is 16.9. The van der Waals surface area contributed by atoms with Crippen LogP contribution in [-0.2, 0) is 13.0 Å². The van der Waals surface area contributed by atoms with E-state index < -0.39 is 0 Å². The van der Waals surface area contributed by atoms with Crippen molar-refractivity contribution in [1.29, 1.82) is 0 Å². The molecule has 2 rings (SSSR count). The van der Waals surface area contributed by atoms with Crippen LogP contribution in [0, 0.1) is 12.7 Å². The van der Waals surface area contributed by atoms with E-state index in [1.54, 1.807) is 19.2 Å². The lowest BCUT2D eigenvalue weighted by atomic mass is 10.1. The van der Waals surface area contributed by atoms with Crippen LogP contribution in [0.3, 0.4) is 0 Å². The Balaban J connectivity index is 1.90. The van der Waals surface area contributed by atoms with Gasteiger partial charge >= 0.3 is 0 Å². The largest absolute Gasteiger partial charge is 0.357 e. The molecule has 0 spiro atoms. The van der Waals surface area contributed by atoms with Crippen LogP contribution >= 0.6 is 0 Å². The molecule has 0 aliphatic heterocycles. The third kappa shape index (κ3) is 5.70. The Morgan fingerprint density at radius 2 is 2.09 bits per heavy atom. The van der Waals surface area contributed by atoms with Crippen LogP contribution in [0.5, 0.6) is 0 Å². The van der Waals surface area contributed by atoms with Gasteiger partial charge in [0.05, 0.1) is 6.54 Å². The van der Waals surface area contributed by atoms with Crippen LogP contribution in [0.1, 0.15) is 23.7 Å². The maximum absolute atomic E-state index is 13.6. The van der Waals surface area contributed by atoms with Crippen molar-refractivity contribution in [3.63, 3.8) is 0 Å². The van der Waals surface area contributed by atoms with Crippen LogP contribution in [-0.4, -0.2) is 24.0 Å². The smallest absolute Gasteiger partial charge is 0.191 e. The van der Waals surface area contributed by atoms with E-state index in [1.807, 2.05) is 31.2 Å². The third-order valence-electron chi connectivity index (χ3n) is 3.40. The van der Waals surface area contributed by atoms with E-state index in [-0.39, 0.29) is 5.82 Å². The molecule has 2 aromatic rings. The molecule has 0 amide bonds. The lowest BCUT2D eigenvalue weighted by Gasteiger charge is -2.11. The molecule has 0 aliphatic carbocycles. The Kier molecular flexibility index (Phi) is 6.54. The summed E-state index contributed by atoms with van der Waals surface area (Å²) < 4.78 is 13.6. The number of pyridine rings is 1. The van der Waals surface area contributed by atoms with Gasteiger partial charge in [-0.3, -0.25) is 4.98 Å². The number of nitrogens with one attached hydrogen (secondary N) is 2. The topological polar surface area (TPSA) is 49.3 Å². The Morgan fingerprint density at radius 1 is 1.22 bits per heavy atom. The van der Waals surface area contributed by atoms with Gasteiger partial charge in [0, 0.05) is 31.4 Å². The highest BCUT2D eigenvalue weighted by Crippen LogP contribution is 2.09. The SMILES string of the molecule is CCNC(=NCc1ccc(C)c(F)c1)NCCc1ccccn1. The third-order valence-corrected chi connectivity index (χ3v) is 3.40. The minimum Gasteiger partial charge on any atom is -0.357 e. The van der Waals surface area contributed by atoms with E-state index in [9.17, 15) is 4.39 Å². The normalized spacial score (nSPS) is 11.3. The van der Waals surface area contributed by atoms with Gasteiger partial charge in [0.15, 0.2) is 5.96 Å². The molecular weight excluding hydrogens is 291 g/mol. The fourth-order valence-electron chi connectivity index (χ4n) is 2.10. The zero-order chi connectivity index (χ0) is 16.5. The van der Waals surface area contributed by atoms with Crippen LogP contribution in [0.2, 0.25) is 0 Å². The van der Waals surface area contributed by atoms with Crippen molar-refractivity contribution in [2.45, 2.75) is 26.8 Å². The summed E-state index contributed by atoms with van der Waals surface area (Å²) in [6, 6.07) is 11.1. The number of rotatable bonds is 6. The predicted octanol–water partition coefficient (Wildman–Crippen LogP) is 2.83. The lowest BCUT2D eigenvalue weighted by molar-refractivity contribution is 0.616. The molecule has 0 fully saturated rings. The number of halogens is 1. The predicted molar refractivity (Wildman–Crippen MR) is 91.9 cm³/mol. The summed E-state index contributed by atoms with van der Waals surface area (Å²) in [5.41, 5.74) is 2.55. The molecule has 0 radical (unpaired) electrons. The standard InChI is InChI=1S/C18H23FN4/c1-3-20-18(22-11-9-16-6-4-5-10-21-16)23-13-15-8-7-14(2)17(19)12-15/h4-8,10,12H,3,9,11,13H2,1-2H3,(H2,20,22,23). The number of guanidine groups is 1. The van der Waals surface area contributed by atoms with Crippen LogP contribution in [0.25, 0.3) is 0 Å². The minimum atomic E-state index is -0.189. The van der Waals surface area contributed by atoms with E-state index in [0.29, 0.717) is 12.1 Å². The molecule has 0 unspecified atom stereocenters. The van der Waals surface area contributed by atoms with Crippen molar-refractivity contribution in [2.24, 2.45) is 4.99 Å². The summed E-state index contributed by atoms with van der Waals surface area (Å²) >= 11 is 0. The first-order chi connectivity index (χ1) is 11.2. The Labute approximate surface area is 136 Å². The molecule has 0 bridgehead atoms. The van der Waals surface area contributed by atoms with Crippen LogP contribution in [0.15, 0.2) is 47.6 Å². The highest BCUT2D eigenvalue weighted by molar-refractivity contribution is 5.79.